The van der Waals surface area contributed by atoms with Crippen molar-refractivity contribution in [1.29, 1.82) is 0 Å². The lowest BCUT2D eigenvalue weighted by Crippen LogP contribution is -2.40. The summed E-state index contributed by atoms with van der Waals surface area (Å²) < 4.78 is 5.52. The Hall–Kier alpha value is -0.770. The van der Waals surface area contributed by atoms with E-state index in [0.717, 1.165) is 44.8 Å². The van der Waals surface area contributed by atoms with Crippen molar-refractivity contribution < 1.29 is 9.53 Å². The Labute approximate surface area is 123 Å². The van der Waals surface area contributed by atoms with Crippen LogP contribution in [0.4, 0.5) is 4.79 Å². The highest BCUT2D eigenvalue weighted by Gasteiger charge is 2.32. The zero-order chi connectivity index (χ0) is 14.6. The second-order valence-electron chi connectivity index (χ2n) is 7.24. The van der Waals surface area contributed by atoms with Gasteiger partial charge in [-0.3, -0.25) is 0 Å². The van der Waals surface area contributed by atoms with E-state index in [-0.39, 0.29) is 11.7 Å². The standard InChI is InChI=1S/C16H30N2O2/c1-16(2,3)20-15(19)18-12-4-5-14(18)7-6-13-8-10-17-11-9-13/h13-14,17H,4-12H2,1-3H3/t14-/m0/s1. The second kappa shape index (κ2) is 6.79. The molecule has 116 valence electrons. The molecule has 2 fully saturated rings. The van der Waals surface area contributed by atoms with Crippen LogP contribution < -0.4 is 5.32 Å². The van der Waals surface area contributed by atoms with Gasteiger partial charge in [0.2, 0.25) is 0 Å². The summed E-state index contributed by atoms with van der Waals surface area (Å²) in [5, 5.41) is 3.41. The van der Waals surface area contributed by atoms with Crippen molar-refractivity contribution in [3.8, 4) is 0 Å². The van der Waals surface area contributed by atoms with Crippen LogP contribution in [-0.4, -0.2) is 42.3 Å². The number of piperidine rings is 1. The molecule has 0 saturated carbocycles. The first-order valence-electron chi connectivity index (χ1n) is 8.16. The predicted octanol–water partition coefficient (Wildman–Crippen LogP) is 3.17. The topological polar surface area (TPSA) is 41.6 Å². The maximum Gasteiger partial charge on any atom is 0.410 e. The number of ether oxygens (including phenoxy) is 1. The Morgan fingerprint density at radius 3 is 2.55 bits per heavy atom. The summed E-state index contributed by atoms with van der Waals surface area (Å²) in [6, 6.07) is 0.403. The summed E-state index contributed by atoms with van der Waals surface area (Å²) in [6.45, 7) is 8.99. The molecule has 0 aromatic rings. The second-order valence-corrected chi connectivity index (χ2v) is 7.24. The minimum atomic E-state index is -0.390. The smallest absolute Gasteiger partial charge is 0.410 e. The molecule has 2 rings (SSSR count). The van der Waals surface area contributed by atoms with E-state index in [1.54, 1.807) is 0 Å². The third-order valence-corrected chi connectivity index (χ3v) is 4.37. The monoisotopic (exact) mass is 282 g/mol. The fourth-order valence-corrected chi connectivity index (χ4v) is 3.30. The Morgan fingerprint density at radius 2 is 1.90 bits per heavy atom. The molecule has 2 aliphatic rings. The van der Waals surface area contributed by atoms with E-state index in [9.17, 15) is 4.79 Å². The number of amides is 1. The molecule has 0 radical (unpaired) electrons. The van der Waals surface area contributed by atoms with E-state index in [0.29, 0.717) is 6.04 Å². The zero-order valence-corrected chi connectivity index (χ0v) is 13.3. The van der Waals surface area contributed by atoms with Crippen LogP contribution in [-0.2, 0) is 4.74 Å². The molecule has 0 spiro atoms. The van der Waals surface area contributed by atoms with E-state index >= 15 is 0 Å². The third-order valence-electron chi connectivity index (χ3n) is 4.37. The number of likely N-dealkylation sites (tertiary alicyclic amines) is 1. The molecule has 1 amide bonds. The molecule has 2 aliphatic heterocycles. The molecule has 2 heterocycles. The Bertz CT molecular complexity index is 319. The minimum Gasteiger partial charge on any atom is -0.444 e. The van der Waals surface area contributed by atoms with Gasteiger partial charge in [-0.2, -0.15) is 0 Å². The minimum absolute atomic E-state index is 0.120. The maximum atomic E-state index is 12.2. The first kappa shape index (κ1) is 15.6. The summed E-state index contributed by atoms with van der Waals surface area (Å²) in [5.41, 5.74) is -0.390. The summed E-state index contributed by atoms with van der Waals surface area (Å²) in [5.74, 6) is 0.845. The molecule has 1 N–H and O–H groups in total. The van der Waals surface area contributed by atoms with Gasteiger partial charge in [0, 0.05) is 12.6 Å². The van der Waals surface area contributed by atoms with Crippen LogP contribution in [0.5, 0.6) is 0 Å². The molecule has 0 bridgehead atoms. The fourth-order valence-electron chi connectivity index (χ4n) is 3.30. The molecule has 20 heavy (non-hydrogen) atoms. The highest BCUT2D eigenvalue weighted by Crippen LogP contribution is 2.27. The van der Waals surface area contributed by atoms with Crippen molar-refractivity contribution in [2.75, 3.05) is 19.6 Å². The van der Waals surface area contributed by atoms with E-state index in [4.69, 9.17) is 4.74 Å². The first-order chi connectivity index (χ1) is 9.46. The number of hydrogen-bond donors (Lipinski definition) is 1. The Kier molecular flexibility index (Phi) is 5.30. The van der Waals surface area contributed by atoms with E-state index in [1.165, 1.54) is 19.3 Å². The van der Waals surface area contributed by atoms with E-state index < -0.39 is 0 Å². The number of nitrogens with zero attached hydrogens (tertiary/aromatic N) is 1. The normalized spacial score (nSPS) is 24.9. The van der Waals surface area contributed by atoms with Crippen molar-refractivity contribution in [3.05, 3.63) is 0 Å². The molecule has 4 nitrogen and oxygen atoms in total. The van der Waals surface area contributed by atoms with Gasteiger partial charge in [0.15, 0.2) is 0 Å². The molecular weight excluding hydrogens is 252 g/mol. The molecule has 2 saturated heterocycles. The highest BCUT2D eigenvalue weighted by atomic mass is 16.6. The Morgan fingerprint density at radius 1 is 1.20 bits per heavy atom. The summed E-state index contributed by atoms with van der Waals surface area (Å²) in [6.07, 6.45) is 7.12. The fraction of sp³-hybridized carbons (Fsp3) is 0.938. The van der Waals surface area contributed by atoms with Crippen molar-refractivity contribution in [1.82, 2.24) is 10.2 Å². The van der Waals surface area contributed by atoms with Crippen molar-refractivity contribution in [3.63, 3.8) is 0 Å². The van der Waals surface area contributed by atoms with Gasteiger partial charge < -0.3 is 15.0 Å². The molecule has 0 aromatic heterocycles. The van der Waals surface area contributed by atoms with Crippen LogP contribution >= 0.6 is 0 Å². The number of rotatable bonds is 3. The first-order valence-corrected chi connectivity index (χ1v) is 8.16. The number of nitrogens with one attached hydrogen (secondary N) is 1. The van der Waals surface area contributed by atoms with Crippen LogP contribution in [0.25, 0.3) is 0 Å². The zero-order valence-electron chi connectivity index (χ0n) is 13.3. The van der Waals surface area contributed by atoms with E-state index in [1.807, 2.05) is 25.7 Å². The molecular formula is C16H30N2O2. The third kappa shape index (κ3) is 4.65. The van der Waals surface area contributed by atoms with Crippen LogP contribution in [0.3, 0.4) is 0 Å². The molecule has 4 heteroatoms. The molecule has 0 unspecified atom stereocenters. The maximum absolute atomic E-state index is 12.2. The average Bonchev–Trinajstić information content (AvgIpc) is 2.84. The van der Waals surface area contributed by atoms with Gasteiger partial charge >= 0.3 is 6.09 Å². The quantitative estimate of drug-likeness (QED) is 0.864. The average molecular weight is 282 g/mol. The van der Waals surface area contributed by atoms with Crippen LogP contribution in [0.15, 0.2) is 0 Å². The number of carbonyl (C=O) groups is 1. The van der Waals surface area contributed by atoms with Gasteiger partial charge in [0.25, 0.3) is 0 Å². The van der Waals surface area contributed by atoms with Gasteiger partial charge in [-0.15, -0.1) is 0 Å². The number of hydrogen-bond acceptors (Lipinski definition) is 3. The van der Waals surface area contributed by atoms with Gasteiger partial charge in [0.1, 0.15) is 5.60 Å². The van der Waals surface area contributed by atoms with Crippen molar-refractivity contribution >= 4 is 6.09 Å². The lowest BCUT2D eigenvalue weighted by molar-refractivity contribution is 0.0215. The van der Waals surface area contributed by atoms with Crippen molar-refractivity contribution in [2.45, 2.75) is 70.9 Å². The van der Waals surface area contributed by atoms with E-state index in [2.05, 4.69) is 5.32 Å². The van der Waals surface area contributed by atoms with Gasteiger partial charge in [-0.05, 0) is 78.3 Å². The number of carbonyl (C=O) groups excluding carboxylic acids is 1. The van der Waals surface area contributed by atoms with Gasteiger partial charge in [0.05, 0.1) is 0 Å². The summed E-state index contributed by atoms with van der Waals surface area (Å²) in [7, 11) is 0. The predicted molar refractivity (Wildman–Crippen MR) is 80.8 cm³/mol. The lowest BCUT2D eigenvalue weighted by Gasteiger charge is -2.30. The lowest BCUT2D eigenvalue weighted by atomic mass is 9.91. The molecule has 1 atom stereocenters. The van der Waals surface area contributed by atoms with Crippen LogP contribution in [0.1, 0.15) is 59.3 Å². The highest BCUT2D eigenvalue weighted by molar-refractivity contribution is 5.68. The van der Waals surface area contributed by atoms with Crippen LogP contribution in [0, 0.1) is 5.92 Å². The summed E-state index contributed by atoms with van der Waals surface area (Å²) >= 11 is 0. The van der Waals surface area contributed by atoms with Crippen LogP contribution in [0.2, 0.25) is 0 Å². The molecule has 0 aromatic carbocycles. The van der Waals surface area contributed by atoms with Gasteiger partial charge in [-0.25, -0.2) is 4.79 Å². The van der Waals surface area contributed by atoms with Gasteiger partial charge in [-0.1, -0.05) is 0 Å². The largest absolute Gasteiger partial charge is 0.444 e. The SMILES string of the molecule is CC(C)(C)OC(=O)N1CCC[C@H]1CCC1CCNCC1. The summed E-state index contributed by atoms with van der Waals surface area (Å²) in [4.78, 5) is 14.2. The van der Waals surface area contributed by atoms with Crippen molar-refractivity contribution in [2.24, 2.45) is 5.92 Å². The Balaban J connectivity index is 1.79. The molecule has 0 aliphatic carbocycles.